The van der Waals surface area contributed by atoms with E-state index in [2.05, 4.69) is 160 Å². The predicted molar refractivity (Wildman–Crippen MR) is 331 cm³/mol. The fourth-order valence-corrected chi connectivity index (χ4v) is 11.5. The Bertz CT molecular complexity index is 3030. The molecule has 6 aromatic rings. The summed E-state index contributed by atoms with van der Waals surface area (Å²) in [4.78, 5) is 38.0. The van der Waals surface area contributed by atoms with Crippen LogP contribution < -0.4 is 15.3 Å². The number of aromatic nitrogens is 4. The van der Waals surface area contributed by atoms with Crippen LogP contribution in [0.5, 0.6) is 0 Å². The molecule has 4 aromatic heterocycles. The molecule has 5 saturated heterocycles. The third-order valence-corrected chi connectivity index (χ3v) is 17.1. The van der Waals surface area contributed by atoms with Crippen molar-refractivity contribution in [2.75, 3.05) is 101 Å². The van der Waals surface area contributed by atoms with Gasteiger partial charge in [-0.2, -0.15) is 10.2 Å². The Kier molecular flexibility index (Phi) is 19.3. The van der Waals surface area contributed by atoms with Crippen LogP contribution in [0.3, 0.4) is 0 Å². The van der Waals surface area contributed by atoms with Crippen LogP contribution in [0.1, 0.15) is 126 Å². The van der Waals surface area contributed by atoms with Crippen LogP contribution in [0.15, 0.2) is 102 Å². The standard InChI is InChI=1S/C28H37N5O2.C22H33BN4O4.C12H16BrN.CH4/c1-5-30-13-11-23(19-30)21-6-8-22(9-7-21)24-18-26-25(10-12-29-33(26)20-24)31-14-16-32(17-15-31)27(34)35-28(2,3)4;1-20(2,3)29-19(28)26-12-10-25(11-13-26)17-8-9-24-27-15-16(14-18(17)27)23-30-21(4,5)22(6,7)31-23;1-2-14-8-7-11(9-14)10-3-5-12(13)6-4-10;/h6-10,12,18,20,23H,5,11,13-17,19H2,1-4H3;8-9,14-15H,10-13H2,1-7H3;3-6,11H,2,7-9H2,1H3;1H4. The number of carbonyl (C=O) groups excluding carboxylic acids is 2. The lowest BCUT2D eigenvalue weighted by atomic mass is 9.81. The summed E-state index contributed by atoms with van der Waals surface area (Å²) >= 11 is 3.47. The number of halogens is 1. The lowest BCUT2D eigenvalue weighted by molar-refractivity contribution is 0.00578. The second kappa shape index (κ2) is 25.5. The van der Waals surface area contributed by atoms with E-state index >= 15 is 0 Å². The van der Waals surface area contributed by atoms with Crippen molar-refractivity contribution in [1.29, 1.82) is 0 Å². The number of likely N-dealkylation sites (N-methyl/N-ethyl adjacent to an activating group) is 2. The lowest BCUT2D eigenvalue weighted by Crippen LogP contribution is -2.50. The summed E-state index contributed by atoms with van der Waals surface area (Å²) in [7, 11) is -0.427. The van der Waals surface area contributed by atoms with Crippen molar-refractivity contribution < 1.29 is 28.4 Å². The second-order valence-corrected chi connectivity index (χ2v) is 25.9. The van der Waals surface area contributed by atoms with Crippen molar-refractivity contribution in [3.8, 4) is 11.1 Å². The van der Waals surface area contributed by atoms with E-state index in [9.17, 15) is 9.59 Å². The number of likely N-dealkylation sites (tertiary alicyclic amines) is 2. The van der Waals surface area contributed by atoms with Gasteiger partial charge in [-0.3, -0.25) is 0 Å². The molecule has 9 heterocycles. The van der Waals surface area contributed by atoms with E-state index in [0.717, 1.165) is 66.5 Å². The third-order valence-electron chi connectivity index (χ3n) is 16.6. The van der Waals surface area contributed by atoms with Crippen molar-refractivity contribution in [1.82, 2.24) is 38.8 Å². The molecule has 5 fully saturated rings. The molecule has 2 aromatic carbocycles. The third kappa shape index (κ3) is 14.9. The first kappa shape index (κ1) is 61.4. The highest BCUT2D eigenvalue weighted by Gasteiger charge is 2.52. The minimum atomic E-state index is -0.485. The van der Waals surface area contributed by atoms with Gasteiger partial charge < -0.3 is 48.2 Å². The molecule has 11 rings (SSSR count). The summed E-state index contributed by atoms with van der Waals surface area (Å²) in [5.41, 5.74) is 8.85. The molecule has 16 nitrogen and oxygen atoms in total. The smallest absolute Gasteiger partial charge is 0.444 e. The van der Waals surface area contributed by atoms with Crippen LogP contribution >= 0.6 is 15.9 Å². The maximum absolute atomic E-state index is 12.4. The van der Waals surface area contributed by atoms with Gasteiger partial charge >= 0.3 is 19.3 Å². The molecule has 438 valence electrons. The number of anilines is 2. The molecule has 5 aliphatic rings. The van der Waals surface area contributed by atoms with Crippen molar-refractivity contribution in [2.24, 2.45) is 0 Å². The average Bonchev–Trinajstić information content (AvgIpc) is 4.36. The summed E-state index contributed by atoms with van der Waals surface area (Å²) in [6.45, 7) is 36.8. The Morgan fingerprint density at radius 3 is 1.43 bits per heavy atom. The zero-order chi connectivity index (χ0) is 57.1. The highest BCUT2D eigenvalue weighted by atomic mass is 79.9. The van der Waals surface area contributed by atoms with Crippen LogP contribution in [0, 0.1) is 0 Å². The normalized spacial score (nSPS) is 20.4. The number of benzene rings is 2. The molecule has 5 aliphatic heterocycles. The van der Waals surface area contributed by atoms with E-state index in [1.54, 1.807) is 16.0 Å². The van der Waals surface area contributed by atoms with E-state index < -0.39 is 18.3 Å². The summed E-state index contributed by atoms with van der Waals surface area (Å²) in [5, 5.41) is 9.04. The topological polar surface area (TPSA) is 125 Å². The second-order valence-electron chi connectivity index (χ2n) is 25.0. The minimum Gasteiger partial charge on any atom is -0.444 e. The summed E-state index contributed by atoms with van der Waals surface area (Å²) < 4.78 is 28.5. The SMILES string of the molecule is C.CC(C)(C)OC(=O)N1CCN(c2ccnn3cc(B4OC(C)(C)C(C)(C)O4)cc23)CC1.CCN1CCC(c2ccc(-c3cc4c(N5CCN(C(=O)OC(C)(C)C)CC5)ccnn4c3)cc2)C1.CCN1CCC(c2ccc(Br)cc2)C1. The number of ether oxygens (including phenoxy) is 2. The number of piperazine rings is 2. The molecule has 2 atom stereocenters. The van der Waals surface area contributed by atoms with E-state index in [-0.39, 0.29) is 30.8 Å². The van der Waals surface area contributed by atoms with Crippen molar-refractivity contribution >= 4 is 63.1 Å². The van der Waals surface area contributed by atoms with E-state index in [0.29, 0.717) is 32.1 Å². The van der Waals surface area contributed by atoms with Gasteiger partial charge in [0.25, 0.3) is 0 Å². The van der Waals surface area contributed by atoms with Gasteiger partial charge in [0.05, 0.1) is 33.6 Å². The number of hydrogen-bond donors (Lipinski definition) is 0. The van der Waals surface area contributed by atoms with Crippen molar-refractivity contribution in [3.63, 3.8) is 0 Å². The van der Waals surface area contributed by atoms with Gasteiger partial charge in [0.1, 0.15) is 11.2 Å². The number of hydrogen-bond acceptors (Lipinski definition) is 12. The Labute approximate surface area is 491 Å². The van der Waals surface area contributed by atoms with Crippen molar-refractivity contribution in [3.05, 3.63) is 113 Å². The maximum Gasteiger partial charge on any atom is 0.496 e. The molecule has 0 bridgehead atoms. The minimum absolute atomic E-state index is 0. The molecule has 0 aliphatic carbocycles. The molecule has 18 heteroatoms. The first-order chi connectivity index (χ1) is 38.0. The van der Waals surface area contributed by atoms with Crippen LogP contribution in [0.4, 0.5) is 21.0 Å². The molecule has 81 heavy (non-hydrogen) atoms. The predicted octanol–water partition coefficient (Wildman–Crippen LogP) is 11.5. The van der Waals surface area contributed by atoms with Crippen LogP contribution in [0.2, 0.25) is 0 Å². The van der Waals surface area contributed by atoms with Gasteiger partial charge in [-0.05, 0) is 173 Å². The van der Waals surface area contributed by atoms with E-state index in [4.69, 9.17) is 18.8 Å². The van der Waals surface area contributed by atoms with Gasteiger partial charge in [0.2, 0.25) is 0 Å². The molecule has 0 saturated carbocycles. The quantitative estimate of drug-likeness (QED) is 0.135. The summed E-state index contributed by atoms with van der Waals surface area (Å²) in [6.07, 6.45) is 9.82. The van der Waals surface area contributed by atoms with Gasteiger partial charge in [-0.15, -0.1) is 0 Å². The number of amides is 2. The molecule has 2 unspecified atom stereocenters. The van der Waals surface area contributed by atoms with Crippen LogP contribution in [-0.4, -0.2) is 172 Å². The highest BCUT2D eigenvalue weighted by molar-refractivity contribution is 9.10. The zero-order valence-electron chi connectivity index (χ0n) is 49.6. The summed E-state index contributed by atoms with van der Waals surface area (Å²) in [6, 6.07) is 26.3. The van der Waals surface area contributed by atoms with Crippen LogP contribution in [-0.2, 0) is 18.8 Å². The maximum atomic E-state index is 12.4. The van der Waals surface area contributed by atoms with E-state index in [1.807, 2.05) is 69.0 Å². The van der Waals surface area contributed by atoms with Gasteiger partial charge in [-0.1, -0.05) is 73.6 Å². The number of fused-ring (bicyclic) bond motifs is 2. The lowest BCUT2D eigenvalue weighted by Gasteiger charge is -2.36. The largest absolute Gasteiger partial charge is 0.496 e. The molecule has 0 radical (unpaired) electrons. The zero-order valence-corrected chi connectivity index (χ0v) is 51.2. The molecule has 2 amide bonds. The number of carbonyl (C=O) groups is 2. The van der Waals surface area contributed by atoms with Gasteiger partial charge in [-0.25, -0.2) is 18.6 Å². The fraction of sp³-hybridized carbons (Fsp3) is 0.556. The Balaban J connectivity index is 0.000000171. The Morgan fingerprint density at radius 1 is 0.593 bits per heavy atom. The first-order valence-electron chi connectivity index (χ1n) is 29.0. The van der Waals surface area contributed by atoms with Crippen molar-refractivity contribution in [2.45, 2.75) is 138 Å². The van der Waals surface area contributed by atoms with E-state index in [1.165, 1.54) is 72.3 Å². The first-order valence-corrected chi connectivity index (χ1v) is 29.8. The Morgan fingerprint density at radius 2 is 1.01 bits per heavy atom. The van der Waals surface area contributed by atoms with Crippen LogP contribution in [0.25, 0.3) is 22.2 Å². The molecule has 0 N–H and O–H groups in total. The average molecular weight is 1170 g/mol. The Hall–Kier alpha value is -5.66. The number of rotatable bonds is 8. The highest BCUT2D eigenvalue weighted by Crippen LogP contribution is 2.38. The summed E-state index contributed by atoms with van der Waals surface area (Å²) in [5.74, 6) is 1.40. The molecular weight excluding hydrogens is 1080 g/mol. The number of nitrogens with zero attached hydrogens (tertiary/aromatic N) is 10. The molecular formula is C63H90BBrN10O6. The monoisotopic (exact) mass is 1170 g/mol. The molecule has 0 spiro atoms. The fourth-order valence-electron chi connectivity index (χ4n) is 11.2. The van der Waals surface area contributed by atoms with Gasteiger partial charge in [0.15, 0.2) is 0 Å². The van der Waals surface area contributed by atoms with Gasteiger partial charge in [0, 0.05) is 106 Å².